The first kappa shape index (κ1) is 13.4. The fourth-order valence-corrected chi connectivity index (χ4v) is 2.02. The molecule has 18 heavy (non-hydrogen) atoms. The molecule has 0 atom stereocenters. The monoisotopic (exact) mass is 247 g/mol. The van der Waals surface area contributed by atoms with E-state index < -0.39 is 0 Å². The average Bonchev–Trinajstić information content (AvgIpc) is 2.48. The van der Waals surface area contributed by atoms with Crippen LogP contribution in [0.5, 0.6) is 0 Å². The van der Waals surface area contributed by atoms with Crippen LogP contribution in [0.2, 0.25) is 0 Å². The van der Waals surface area contributed by atoms with Crippen LogP contribution in [-0.4, -0.2) is 18.3 Å². The second kappa shape index (κ2) is 4.28. The number of aryl methyl sites for hydroxylation is 1. The topological polar surface area (TPSA) is 44.5 Å². The van der Waals surface area contributed by atoms with Gasteiger partial charge in [0.15, 0.2) is 0 Å². The van der Waals surface area contributed by atoms with Crippen LogP contribution in [-0.2, 0) is 15.7 Å². The number of nitrogens with two attached hydrogens (primary N) is 1. The summed E-state index contributed by atoms with van der Waals surface area (Å²) < 4.78 is 12.1. The van der Waals surface area contributed by atoms with Crippen molar-refractivity contribution in [2.75, 3.05) is 5.73 Å². The van der Waals surface area contributed by atoms with Crippen LogP contribution in [0.1, 0.15) is 40.2 Å². The van der Waals surface area contributed by atoms with E-state index in [0.717, 1.165) is 17.6 Å². The Kier molecular flexibility index (Phi) is 3.20. The predicted octanol–water partition coefficient (Wildman–Crippen LogP) is 2.13. The van der Waals surface area contributed by atoms with Crippen molar-refractivity contribution in [1.29, 1.82) is 0 Å². The summed E-state index contributed by atoms with van der Waals surface area (Å²) in [6, 6.07) is 6.06. The Balaban J connectivity index is 2.34. The Labute approximate surface area is 110 Å². The van der Waals surface area contributed by atoms with Gasteiger partial charge in [0.1, 0.15) is 0 Å². The SMILES string of the molecule is CCc1ccc(N)c(B2OC(C)(C)C(C)(C)O2)c1. The Morgan fingerprint density at radius 1 is 1.11 bits per heavy atom. The van der Waals surface area contributed by atoms with Gasteiger partial charge in [-0.15, -0.1) is 0 Å². The maximum Gasteiger partial charge on any atom is 0.496 e. The first-order valence-corrected chi connectivity index (χ1v) is 6.51. The summed E-state index contributed by atoms with van der Waals surface area (Å²) in [5.74, 6) is 0. The molecule has 1 heterocycles. The molecule has 0 radical (unpaired) electrons. The molecule has 4 heteroatoms. The van der Waals surface area contributed by atoms with Gasteiger partial charge in [-0.2, -0.15) is 0 Å². The van der Waals surface area contributed by atoms with Crippen LogP contribution in [0, 0.1) is 0 Å². The summed E-state index contributed by atoms with van der Waals surface area (Å²) in [6.07, 6.45) is 0.979. The lowest BCUT2D eigenvalue weighted by molar-refractivity contribution is 0.00578. The molecule has 98 valence electrons. The van der Waals surface area contributed by atoms with E-state index in [2.05, 4.69) is 13.0 Å². The largest absolute Gasteiger partial charge is 0.496 e. The van der Waals surface area contributed by atoms with Crippen molar-refractivity contribution < 1.29 is 9.31 Å². The van der Waals surface area contributed by atoms with Crippen LogP contribution >= 0.6 is 0 Å². The molecular weight excluding hydrogens is 225 g/mol. The van der Waals surface area contributed by atoms with Crippen molar-refractivity contribution in [3.63, 3.8) is 0 Å². The fourth-order valence-electron chi connectivity index (χ4n) is 2.02. The van der Waals surface area contributed by atoms with E-state index in [4.69, 9.17) is 15.0 Å². The van der Waals surface area contributed by atoms with Crippen molar-refractivity contribution >= 4 is 18.3 Å². The molecule has 0 saturated carbocycles. The minimum atomic E-state index is -0.374. The summed E-state index contributed by atoms with van der Waals surface area (Å²) in [7, 11) is -0.374. The Hall–Kier alpha value is -0.995. The zero-order chi connectivity index (χ0) is 13.6. The molecule has 1 aromatic rings. The molecule has 0 aliphatic carbocycles. The fraction of sp³-hybridized carbons (Fsp3) is 0.571. The summed E-state index contributed by atoms with van der Waals surface area (Å²) >= 11 is 0. The van der Waals surface area contributed by atoms with E-state index in [-0.39, 0.29) is 18.3 Å². The normalized spacial score (nSPS) is 21.3. The number of benzene rings is 1. The van der Waals surface area contributed by atoms with Gasteiger partial charge in [0.2, 0.25) is 0 Å². The van der Waals surface area contributed by atoms with Crippen molar-refractivity contribution in [2.24, 2.45) is 0 Å². The van der Waals surface area contributed by atoms with Gasteiger partial charge >= 0.3 is 7.12 Å². The molecule has 1 fully saturated rings. The molecule has 1 aliphatic rings. The third kappa shape index (κ3) is 2.15. The zero-order valence-corrected chi connectivity index (χ0v) is 11.9. The van der Waals surface area contributed by atoms with Gasteiger partial charge in [-0.1, -0.05) is 19.1 Å². The van der Waals surface area contributed by atoms with Crippen LogP contribution < -0.4 is 11.2 Å². The maximum absolute atomic E-state index is 6.04. The summed E-state index contributed by atoms with van der Waals surface area (Å²) in [4.78, 5) is 0. The van der Waals surface area contributed by atoms with Crippen molar-refractivity contribution in [1.82, 2.24) is 0 Å². The van der Waals surface area contributed by atoms with E-state index in [0.29, 0.717) is 0 Å². The minimum Gasteiger partial charge on any atom is -0.399 e. The molecule has 2 N–H and O–H groups in total. The standard InChI is InChI=1S/C14H22BNO2/c1-6-10-7-8-12(16)11(9-10)15-17-13(2,3)14(4,5)18-15/h7-9H,6,16H2,1-5H3. The molecule has 1 saturated heterocycles. The third-order valence-corrected chi connectivity index (χ3v) is 4.07. The molecule has 3 nitrogen and oxygen atoms in total. The first-order chi connectivity index (χ1) is 8.27. The molecule has 1 aliphatic heterocycles. The van der Waals surface area contributed by atoms with E-state index in [9.17, 15) is 0 Å². The first-order valence-electron chi connectivity index (χ1n) is 6.51. The molecule has 0 aromatic heterocycles. The molecule has 0 spiro atoms. The third-order valence-electron chi connectivity index (χ3n) is 4.07. The number of nitrogen functional groups attached to an aromatic ring is 1. The molecular formula is C14H22BNO2. The Morgan fingerprint density at radius 2 is 1.67 bits per heavy atom. The molecule has 2 rings (SSSR count). The van der Waals surface area contributed by atoms with Gasteiger partial charge < -0.3 is 15.0 Å². The van der Waals surface area contributed by atoms with Gasteiger partial charge in [0, 0.05) is 11.2 Å². The second-order valence-corrected chi connectivity index (χ2v) is 5.91. The highest BCUT2D eigenvalue weighted by Crippen LogP contribution is 2.36. The van der Waals surface area contributed by atoms with Gasteiger partial charge in [0.05, 0.1) is 11.2 Å². The van der Waals surface area contributed by atoms with Gasteiger partial charge in [-0.05, 0) is 45.7 Å². The highest BCUT2D eigenvalue weighted by atomic mass is 16.7. The smallest absolute Gasteiger partial charge is 0.399 e. The lowest BCUT2D eigenvalue weighted by Crippen LogP contribution is -2.41. The zero-order valence-electron chi connectivity index (χ0n) is 11.9. The van der Waals surface area contributed by atoms with E-state index in [1.54, 1.807) is 0 Å². The number of rotatable bonds is 2. The van der Waals surface area contributed by atoms with E-state index in [1.165, 1.54) is 5.56 Å². The molecule has 0 bridgehead atoms. The molecule has 0 unspecified atom stereocenters. The number of anilines is 1. The van der Waals surface area contributed by atoms with Gasteiger partial charge in [-0.3, -0.25) is 0 Å². The van der Waals surface area contributed by atoms with Gasteiger partial charge in [0.25, 0.3) is 0 Å². The number of hydrogen-bond donors (Lipinski definition) is 1. The van der Waals surface area contributed by atoms with Crippen LogP contribution in [0.4, 0.5) is 5.69 Å². The van der Waals surface area contributed by atoms with Crippen molar-refractivity contribution in [2.45, 2.75) is 52.2 Å². The Morgan fingerprint density at radius 3 is 2.17 bits per heavy atom. The van der Waals surface area contributed by atoms with Crippen LogP contribution in [0.15, 0.2) is 18.2 Å². The van der Waals surface area contributed by atoms with Crippen molar-refractivity contribution in [3.05, 3.63) is 23.8 Å². The highest BCUT2D eigenvalue weighted by molar-refractivity contribution is 6.63. The highest BCUT2D eigenvalue weighted by Gasteiger charge is 2.52. The maximum atomic E-state index is 6.04. The molecule has 0 amide bonds. The second-order valence-electron chi connectivity index (χ2n) is 5.91. The Bertz CT molecular complexity index is 441. The lowest BCUT2D eigenvalue weighted by Gasteiger charge is -2.32. The quantitative estimate of drug-likeness (QED) is 0.643. The van der Waals surface area contributed by atoms with Gasteiger partial charge in [-0.25, -0.2) is 0 Å². The van der Waals surface area contributed by atoms with E-state index >= 15 is 0 Å². The summed E-state index contributed by atoms with van der Waals surface area (Å²) in [6.45, 7) is 10.3. The number of hydrogen-bond acceptors (Lipinski definition) is 3. The van der Waals surface area contributed by atoms with Crippen LogP contribution in [0.3, 0.4) is 0 Å². The summed E-state index contributed by atoms with van der Waals surface area (Å²) in [5.41, 5.74) is 8.30. The average molecular weight is 247 g/mol. The predicted molar refractivity (Wildman–Crippen MR) is 75.9 cm³/mol. The van der Waals surface area contributed by atoms with E-state index in [1.807, 2.05) is 39.8 Å². The van der Waals surface area contributed by atoms with Crippen LogP contribution in [0.25, 0.3) is 0 Å². The summed E-state index contributed by atoms with van der Waals surface area (Å²) in [5, 5.41) is 0. The minimum absolute atomic E-state index is 0.327. The lowest BCUT2D eigenvalue weighted by atomic mass is 9.77. The van der Waals surface area contributed by atoms with Crippen molar-refractivity contribution in [3.8, 4) is 0 Å². The molecule has 1 aromatic carbocycles.